The van der Waals surface area contributed by atoms with E-state index >= 15 is 0 Å². The number of carbonyl (C=O) groups is 4. The lowest BCUT2D eigenvalue weighted by Crippen LogP contribution is -2.28. The third-order valence-corrected chi connectivity index (χ3v) is 6.27. The van der Waals surface area contributed by atoms with E-state index in [1.807, 2.05) is 0 Å². The van der Waals surface area contributed by atoms with Gasteiger partial charge in [0, 0.05) is 23.3 Å². The van der Waals surface area contributed by atoms with E-state index < -0.39 is 11.8 Å². The van der Waals surface area contributed by atoms with Gasteiger partial charge in [0.1, 0.15) is 5.00 Å². The Bertz CT molecular complexity index is 995. The summed E-state index contributed by atoms with van der Waals surface area (Å²) in [4.78, 5) is 50.8. The minimum absolute atomic E-state index is 0.179. The summed E-state index contributed by atoms with van der Waals surface area (Å²) in [6.45, 7) is 0. The fourth-order valence-electron chi connectivity index (χ4n) is 3.74. The van der Waals surface area contributed by atoms with Crippen molar-refractivity contribution in [2.24, 2.45) is 5.73 Å². The smallest absolute Gasteiger partial charge is 0.256 e. The number of anilines is 2. The summed E-state index contributed by atoms with van der Waals surface area (Å²) >= 11 is 1.39. The minimum Gasteiger partial charge on any atom is -0.365 e. The van der Waals surface area contributed by atoms with E-state index in [-0.39, 0.29) is 24.7 Å². The van der Waals surface area contributed by atoms with Crippen molar-refractivity contribution in [3.05, 3.63) is 45.8 Å². The van der Waals surface area contributed by atoms with Gasteiger partial charge in [0.2, 0.25) is 11.8 Å². The quantitative estimate of drug-likeness (QED) is 0.773. The second-order valence-corrected chi connectivity index (χ2v) is 8.01. The Labute approximate surface area is 165 Å². The molecular weight excluding hydrogens is 378 g/mol. The predicted molar refractivity (Wildman–Crippen MR) is 106 cm³/mol. The van der Waals surface area contributed by atoms with Gasteiger partial charge in [-0.3, -0.25) is 24.1 Å². The molecule has 2 aromatic rings. The standard InChI is InChI=1S/C20H19N3O4S/c21-18(26)17-13-6-1-2-7-14(13)28-20(17)22-19(27)11-4-3-5-12(10-11)23-15(24)8-9-16(23)25/h3-5,10H,1-2,6-9H2,(H2,21,26)(H,22,27). The molecule has 1 aromatic carbocycles. The van der Waals surface area contributed by atoms with E-state index in [2.05, 4.69) is 5.32 Å². The van der Waals surface area contributed by atoms with Crippen molar-refractivity contribution in [2.45, 2.75) is 38.5 Å². The molecule has 3 N–H and O–H groups in total. The number of fused-ring (bicyclic) bond motifs is 1. The number of nitrogens with one attached hydrogen (secondary N) is 1. The molecule has 1 fully saturated rings. The van der Waals surface area contributed by atoms with Crippen LogP contribution >= 0.6 is 11.3 Å². The molecule has 1 saturated heterocycles. The van der Waals surface area contributed by atoms with Crippen molar-refractivity contribution in [1.29, 1.82) is 0 Å². The van der Waals surface area contributed by atoms with Gasteiger partial charge in [0.15, 0.2) is 0 Å². The lowest BCUT2D eigenvalue weighted by Gasteiger charge is -2.15. The van der Waals surface area contributed by atoms with Crippen LogP contribution in [0.1, 0.15) is 56.8 Å². The average molecular weight is 397 g/mol. The third-order valence-electron chi connectivity index (χ3n) is 5.06. The molecule has 8 heteroatoms. The molecular formula is C20H19N3O4S. The number of imide groups is 1. The number of thiophene rings is 1. The third kappa shape index (κ3) is 3.20. The Kier molecular flexibility index (Phi) is 4.72. The van der Waals surface area contributed by atoms with Crippen LogP contribution in [-0.2, 0) is 22.4 Å². The number of primary amides is 1. The normalized spacial score (nSPS) is 16.2. The van der Waals surface area contributed by atoms with Crippen LogP contribution in [0.4, 0.5) is 10.7 Å². The molecule has 0 spiro atoms. The zero-order valence-electron chi connectivity index (χ0n) is 15.1. The van der Waals surface area contributed by atoms with E-state index in [1.54, 1.807) is 18.2 Å². The molecule has 1 aliphatic heterocycles. The van der Waals surface area contributed by atoms with Crippen molar-refractivity contribution in [3.63, 3.8) is 0 Å². The second kappa shape index (κ2) is 7.20. The van der Waals surface area contributed by atoms with Crippen molar-refractivity contribution < 1.29 is 19.2 Å². The molecule has 2 aliphatic rings. The Morgan fingerprint density at radius 2 is 1.75 bits per heavy atom. The molecule has 144 valence electrons. The first-order valence-corrected chi connectivity index (χ1v) is 9.99. The maximum atomic E-state index is 12.8. The van der Waals surface area contributed by atoms with Gasteiger partial charge in [0.05, 0.1) is 11.3 Å². The molecule has 0 radical (unpaired) electrons. The van der Waals surface area contributed by atoms with Gasteiger partial charge in [-0.1, -0.05) is 6.07 Å². The molecule has 7 nitrogen and oxygen atoms in total. The molecule has 4 amide bonds. The fraction of sp³-hybridized carbons (Fsp3) is 0.300. The molecule has 1 aliphatic carbocycles. The lowest BCUT2D eigenvalue weighted by atomic mass is 9.95. The van der Waals surface area contributed by atoms with Crippen LogP contribution in [0.5, 0.6) is 0 Å². The number of rotatable bonds is 4. The number of aryl methyl sites for hydroxylation is 1. The molecule has 0 bridgehead atoms. The van der Waals surface area contributed by atoms with Gasteiger partial charge in [-0.25, -0.2) is 0 Å². The Balaban J connectivity index is 1.62. The minimum atomic E-state index is -0.545. The average Bonchev–Trinajstić information content (AvgIpc) is 3.21. The topological polar surface area (TPSA) is 110 Å². The van der Waals surface area contributed by atoms with Crippen molar-refractivity contribution in [3.8, 4) is 0 Å². The van der Waals surface area contributed by atoms with Gasteiger partial charge >= 0.3 is 0 Å². The molecule has 4 rings (SSSR count). The summed E-state index contributed by atoms with van der Waals surface area (Å²) in [5.74, 6) is -1.51. The van der Waals surface area contributed by atoms with Gasteiger partial charge in [-0.05, 0) is 49.4 Å². The van der Waals surface area contributed by atoms with E-state index in [0.717, 1.165) is 41.0 Å². The summed E-state index contributed by atoms with van der Waals surface area (Å²) in [6.07, 6.45) is 4.08. The highest BCUT2D eigenvalue weighted by atomic mass is 32.1. The number of nitrogens with two attached hydrogens (primary N) is 1. The zero-order chi connectivity index (χ0) is 19.8. The molecule has 0 atom stereocenters. The summed E-state index contributed by atoms with van der Waals surface area (Å²) in [6, 6.07) is 6.35. The Hall–Kier alpha value is -3.00. The maximum Gasteiger partial charge on any atom is 0.256 e. The number of hydrogen-bond acceptors (Lipinski definition) is 5. The number of benzene rings is 1. The van der Waals surface area contributed by atoms with Crippen LogP contribution in [0, 0.1) is 0 Å². The highest BCUT2D eigenvalue weighted by Gasteiger charge is 2.31. The summed E-state index contributed by atoms with van der Waals surface area (Å²) in [5.41, 5.74) is 7.59. The van der Waals surface area contributed by atoms with Crippen LogP contribution < -0.4 is 16.0 Å². The first-order valence-electron chi connectivity index (χ1n) is 9.17. The van der Waals surface area contributed by atoms with Crippen LogP contribution in [-0.4, -0.2) is 23.6 Å². The highest BCUT2D eigenvalue weighted by molar-refractivity contribution is 7.17. The molecule has 28 heavy (non-hydrogen) atoms. The number of hydrogen-bond donors (Lipinski definition) is 2. The van der Waals surface area contributed by atoms with Crippen molar-refractivity contribution in [1.82, 2.24) is 0 Å². The fourth-order valence-corrected chi connectivity index (χ4v) is 5.03. The van der Waals surface area contributed by atoms with Gasteiger partial charge < -0.3 is 11.1 Å². The molecule has 0 unspecified atom stereocenters. The van der Waals surface area contributed by atoms with E-state index in [4.69, 9.17) is 5.73 Å². The molecule has 0 saturated carbocycles. The van der Waals surface area contributed by atoms with E-state index in [0.29, 0.717) is 21.8 Å². The van der Waals surface area contributed by atoms with Crippen molar-refractivity contribution in [2.75, 3.05) is 10.2 Å². The van der Waals surface area contributed by atoms with Crippen LogP contribution in [0.2, 0.25) is 0 Å². The summed E-state index contributed by atoms with van der Waals surface area (Å²) in [5, 5.41) is 3.26. The largest absolute Gasteiger partial charge is 0.365 e. The first-order chi connectivity index (χ1) is 13.5. The number of nitrogens with zero attached hydrogens (tertiary/aromatic N) is 1. The Morgan fingerprint density at radius 1 is 1.04 bits per heavy atom. The zero-order valence-corrected chi connectivity index (χ0v) is 15.9. The molecule has 1 aromatic heterocycles. The lowest BCUT2D eigenvalue weighted by molar-refractivity contribution is -0.121. The second-order valence-electron chi connectivity index (χ2n) is 6.91. The maximum absolute atomic E-state index is 12.8. The number of amides is 4. The highest BCUT2D eigenvalue weighted by Crippen LogP contribution is 2.38. The Morgan fingerprint density at radius 3 is 2.46 bits per heavy atom. The summed E-state index contributed by atoms with van der Waals surface area (Å²) in [7, 11) is 0. The van der Waals surface area contributed by atoms with Crippen LogP contribution in [0.25, 0.3) is 0 Å². The number of carbonyl (C=O) groups excluding carboxylic acids is 4. The monoisotopic (exact) mass is 397 g/mol. The first kappa shape index (κ1) is 18.4. The van der Waals surface area contributed by atoms with Crippen LogP contribution in [0.15, 0.2) is 24.3 Å². The SMILES string of the molecule is NC(=O)c1c(NC(=O)c2cccc(N3C(=O)CCC3=O)c2)sc2c1CCCC2. The van der Waals surface area contributed by atoms with E-state index in [9.17, 15) is 19.2 Å². The van der Waals surface area contributed by atoms with E-state index in [1.165, 1.54) is 17.4 Å². The van der Waals surface area contributed by atoms with Crippen molar-refractivity contribution >= 4 is 45.7 Å². The molecule has 2 heterocycles. The van der Waals surface area contributed by atoms with Gasteiger partial charge in [-0.2, -0.15) is 0 Å². The van der Waals surface area contributed by atoms with Gasteiger partial charge in [-0.15, -0.1) is 11.3 Å². The van der Waals surface area contributed by atoms with Gasteiger partial charge in [0.25, 0.3) is 11.8 Å². The summed E-state index contributed by atoms with van der Waals surface area (Å²) < 4.78 is 0. The van der Waals surface area contributed by atoms with Crippen LogP contribution in [0.3, 0.4) is 0 Å². The predicted octanol–water partition coefficient (Wildman–Crippen LogP) is 2.63.